The number of aromatic carboxylic acids is 1. The molecule has 2 aromatic heterocycles. The van der Waals surface area contributed by atoms with E-state index in [1.807, 2.05) is 12.3 Å². The number of rotatable bonds is 4. The standard InChI is InChI=1S/C9H9N3O2S2/c1-5-3-15-6(12-5)2-10-8-7(9(13)14)11-4-16-8/h3-4,10H,2H2,1H3,(H,13,14). The first-order valence-electron chi connectivity index (χ1n) is 4.48. The number of thiazole rings is 2. The quantitative estimate of drug-likeness (QED) is 0.876. The Balaban J connectivity index is 2.04. The minimum absolute atomic E-state index is 0.0679. The number of hydrogen-bond donors (Lipinski definition) is 2. The van der Waals surface area contributed by atoms with Crippen LogP contribution in [0, 0.1) is 6.92 Å². The molecule has 2 heterocycles. The van der Waals surface area contributed by atoms with Crippen LogP contribution >= 0.6 is 22.7 Å². The number of aromatic nitrogens is 2. The van der Waals surface area contributed by atoms with Crippen LogP contribution in [0.2, 0.25) is 0 Å². The Kier molecular flexibility index (Phi) is 3.16. The van der Waals surface area contributed by atoms with Crippen molar-refractivity contribution in [2.24, 2.45) is 0 Å². The summed E-state index contributed by atoms with van der Waals surface area (Å²) in [5.74, 6) is -1.01. The lowest BCUT2D eigenvalue weighted by Gasteiger charge is -2.00. The molecule has 0 aliphatic carbocycles. The number of carboxylic acids is 1. The zero-order valence-corrected chi connectivity index (χ0v) is 10.1. The van der Waals surface area contributed by atoms with Crippen molar-refractivity contribution in [1.82, 2.24) is 9.97 Å². The molecular formula is C9H9N3O2S2. The average Bonchev–Trinajstić information content (AvgIpc) is 2.83. The predicted molar refractivity (Wildman–Crippen MR) is 63.3 cm³/mol. The van der Waals surface area contributed by atoms with E-state index in [1.54, 1.807) is 11.3 Å². The molecule has 0 saturated heterocycles. The van der Waals surface area contributed by atoms with Gasteiger partial charge in [-0.3, -0.25) is 0 Å². The van der Waals surface area contributed by atoms with Gasteiger partial charge in [-0.05, 0) is 6.92 Å². The minimum Gasteiger partial charge on any atom is -0.476 e. The van der Waals surface area contributed by atoms with Gasteiger partial charge in [0.05, 0.1) is 12.1 Å². The van der Waals surface area contributed by atoms with Gasteiger partial charge < -0.3 is 10.4 Å². The monoisotopic (exact) mass is 255 g/mol. The molecule has 0 radical (unpaired) electrons. The van der Waals surface area contributed by atoms with Crippen LogP contribution < -0.4 is 5.32 Å². The van der Waals surface area contributed by atoms with Crippen LogP contribution in [0.4, 0.5) is 5.00 Å². The van der Waals surface area contributed by atoms with Crippen molar-refractivity contribution in [1.29, 1.82) is 0 Å². The molecule has 0 atom stereocenters. The van der Waals surface area contributed by atoms with Crippen LogP contribution in [0.3, 0.4) is 0 Å². The number of carbonyl (C=O) groups is 1. The van der Waals surface area contributed by atoms with Crippen molar-refractivity contribution in [2.75, 3.05) is 5.32 Å². The second-order valence-corrected chi connectivity index (χ2v) is 4.87. The van der Waals surface area contributed by atoms with Crippen LogP contribution in [0.15, 0.2) is 10.9 Å². The van der Waals surface area contributed by atoms with E-state index < -0.39 is 5.97 Å². The molecule has 0 aliphatic heterocycles. The van der Waals surface area contributed by atoms with Crippen molar-refractivity contribution in [3.05, 3.63) is 27.3 Å². The smallest absolute Gasteiger partial charge is 0.357 e. The van der Waals surface area contributed by atoms with Crippen LogP contribution in [0.5, 0.6) is 0 Å². The third-order valence-electron chi connectivity index (χ3n) is 1.84. The zero-order chi connectivity index (χ0) is 11.5. The first-order valence-corrected chi connectivity index (χ1v) is 6.24. The Bertz CT molecular complexity index is 506. The van der Waals surface area contributed by atoms with Gasteiger partial charge in [0.2, 0.25) is 0 Å². The lowest BCUT2D eigenvalue weighted by atomic mass is 10.4. The fraction of sp³-hybridized carbons (Fsp3) is 0.222. The highest BCUT2D eigenvalue weighted by atomic mass is 32.1. The van der Waals surface area contributed by atoms with Gasteiger partial charge in [0, 0.05) is 11.1 Å². The third-order valence-corrected chi connectivity index (χ3v) is 3.59. The van der Waals surface area contributed by atoms with Gasteiger partial charge in [-0.2, -0.15) is 0 Å². The number of nitrogens with one attached hydrogen (secondary N) is 1. The van der Waals surface area contributed by atoms with E-state index in [1.165, 1.54) is 16.8 Å². The fourth-order valence-electron chi connectivity index (χ4n) is 1.16. The van der Waals surface area contributed by atoms with Gasteiger partial charge in [0.15, 0.2) is 5.69 Å². The van der Waals surface area contributed by atoms with Crippen LogP contribution in [-0.2, 0) is 6.54 Å². The molecule has 0 fully saturated rings. The third kappa shape index (κ3) is 2.37. The van der Waals surface area contributed by atoms with E-state index in [9.17, 15) is 4.79 Å². The molecule has 0 saturated carbocycles. The summed E-state index contributed by atoms with van der Waals surface area (Å²) >= 11 is 2.83. The van der Waals surface area contributed by atoms with E-state index in [0.717, 1.165) is 10.7 Å². The number of hydrogen-bond acceptors (Lipinski definition) is 6. The van der Waals surface area contributed by atoms with Gasteiger partial charge in [0.25, 0.3) is 0 Å². The summed E-state index contributed by atoms with van der Waals surface area (Å²) in [4.78, 5) is 18.8. The Morgan fingerprint density at radius 3 is 3.00 bits per heavy atom. The van der Waals surface area contributed by atoms with E-state index >= 15 is 0 Å². The van der Waals surface area contributed by atoms with E-state index in [4.69, 9.17) is 5.11 Å². The predicted octanol–water partition coefficient (Wildman–Crippen LogP) is 2.22. The highest BCUT2D eigenvalue weighted by molar-refractivity contribution is 7.14. The van der Waals surface area contributed by atoms with Crippen LogP contribution in [0.1, 0.15) is 21.2 Å². The van der Waals surface area contributed by atoms with Crippen LogP contribution in [-0.4, -0.2) is 21.0 Å². The topological polar surface area (TPSA) is 75.1 Å². The maximum atomic E-state index is 10.8. The summed E-state index contributed by atoms with van der Waals surface area (Å²) in [5, 5.41) is 15.3. The number of aryl methyl sites for hydroxylation is 1. The molecular weight excluding hydrogens is 246 g/mol. The van der Waals surface area contributed by atoms with Gasteiger partial charge >= 0.3 is 5.97 Å². The SMILES string of the molecule is Cc1csc(CNc2scnc2C(=O)O)n1. The molecule has 0 unspecified atom stereocenters. The molecule has 0 amide bonds. The molecule has 7 heteroatoms. The molecule has 5 nitrogen and oxygen atoms in total. The summed E-state index contributed by atoms with van der Waals surface area (Å²) in [7, 11) is 0. The highest BCUT2D eigenvalue weighted by Gasteiger charge is 2.13. The molecule has 2 aromatic rings. The second-order valence-electron chi connectivity index (χ2n) is 3.07. The Morgan fingerprint density at radius 2 is 2.38 bits per heavy atom. The molecule has 0 aliphatic rings. The average molecular weight is 255 g/mol. The maximum absolute atomic E-state index is 10.8. The largest absolute Gasteiger partial charge is 0.476 e. The Hall–Kier alpha value is -1.47. The summed E-state index contributed by atoms with van der Waals surface area (Å²) in [5.41, 5.74) is 2.56. The van der Waals surface area contributed by atoms with E-state index in [2.05, 4.69) is 15.3 Å². The first-order chi connectivity index (χ1) is 7.66. The lowest BCUT2D eigenvalue weighted by Crippen LogP contribution is -2.04. The van der Waals surface area contributed by atoms with Crippen LogP contribution in [0.25, 0.3) is 0 Å². The number of nitrogens with zero attached hydrogens (tertiary/aromatic N) is 2. The molecule has 0 bridgehead atoms. The van der Waals surface area contributed by atoms with Gasteiger partial charge in [-0.15, -0.1) is 22.7 Å². The molecule has 16 heavy (non-hydrogen) atoms. The summed E-state index contributed by atoms with van der Waals surface area (Å²) in [6.07, 6.45) is 0. The van der Waals surface area contributed by atoms with Crippen molar-refractivity contribution < 1.29 is 9.90 Å². The fourth-order valence-corrected chi connectivity index (χ4v) is 2.55. The minimum atomic E-state index is -1.01. The van der Waals surface area contributed by atoms with Crippen molar-refractivity contribution in [3.8, 4) is 0 Å². The van der Waals surface area contributed by atoms with Crippen molar-refractivity contribution >= 4 is 33.6 Å². The van der Waals surface area contributed by atoms with Gasteiger partial charge in [0.1, 0.15) is 10.0 Å². The molecule has 0 spiro atoms. The lowest BCUT2D eigenvalue weighted by molar-refractivity contribution is 0.0692. The maximum Gasteiger partial charge on any atom is 0.357 e. The molecule has 84 valence electrons. The van der Waals surface area contributed by atoms with E-state index in [-0.39, 0.29) is 5.69 Å². The summed E-state index contributed by atoms with van der Waals surface area (Å²) in [6, 6.07) is 0. The molecule has 0 aromatic carbocycles. The zero-order valence-electron chi connectivity index (χ0n) is 8.43. The summed E-state index contributed by atoms with van der Waals surface area (Å²) in [6.45, 7) is 2.45. The molecule has 2 N–H and O–H groups in total. The number of anilines is 1. The first kappa shape index (κ1) is 11.0. The van der Waals surface area contributed by atoms with Crippen molar-refractivity contribution in [3.63, 3.8) is 0 Å². The molecule has 2 rings (SSSR count). The Labute approximate surface area is 99.8 Å². The normalized spacial score (nSPS) is 10.3. The Morgan fingerprint density at radius 1 is 1.56 bits per heavy atom. The second kappa shape index (κ2) is 4.58. The highest BCUT2D eigenvalue weighted by Crippen LogP contribution is 2.21. The number of carboxylic acid groups (broad SMARTS) is 1. The van der Waals surface area contributed by atoms with Crippen molar-refractivity contribution in [2.45, 2.75) is 13.5 Å². The summed E-state index contributed by atoms with van der Waals surface area (Å²) < 4.78 is 0. The van der Waals surface area contributed by atoms with Gasteiger partial charge in [-0.1, -0.05) is 0 Å². The van der Waals surface area contributed by atoms with Gasteiger partial charge in [-0.25, -0.2) is 14.8 Å². The van der Waals surface area contributed by atoms with E-state index in [0.29, 0.717) is 11.5 Å².